The molecular weight excluding hydrogens is 166 g/mol. The number of nitrogens with two attached hydrogens (primary N) is 1. The Kier molecular flexibility index (Phi) is 1.86. The third kappa shape index (κ3) is 1.33. The molecule has 2 heterocycles. The molecule has 2 rings (SSSR count). The van der Waals surface area contributed by atoms with E-state index in [0.717, 1.165) is 11.4 Å². The zero-order valence-electron chi connectivity index (χ0n) is 7.31. The van der Waals surface area contributed by atoms with Gasteiger partial charge in [-0.15, -0.1) is 0 Å². The lowest BCUT2D eigenvalue weighted by Gasteiger charge is -2.08. The van der Waals surface area contributed by atoms with Gasteiger partial charge in [-0.1, -0.05) is 0 Å². The second kappa shape index (κ2) is 3.02. The number of hydrogen-bond acceptors (Lipinski definition) is 3. The van der Waals surface area contributed by atoms with Gasteiger partial charge in [-0.3, -0.25) is 5.10 Å². The number of aryl methyl sites for hydroxylation is 1. The van der Waals surface area contributed by atoms with Crippen LogP contribution in [0.1, 0.15) is 17.4 Å². The number of rotatable bonds is 2. The molecule has 1 atom stereocenters. The predicted molar refractivity (Wildman–Crippen MR) is 47.8 cm³/mol. The molecule has 0 fully saturated rings. The molecule has 5 nitrogen and oxygen atoms in total. The van der Waals surface area contributed by atoms with Crippen molar-refractivity contribution in [2.45, 2.75) is 6.04 Å². The monoisotopic (exact) mass is 177 g/mol. The van der Waals surface area contributed by atoms with Gasteiger partial charge in [0.2, 0.25) is 0 Å². The van der Waals surface area contributed by atoms with E-state index in [0.29, 0.717) is 0 Å². The van der Waals surface area contributed by atoms with Gasteiger partial charge in [-0.2, -0.15) is 5.10 Å². The molecule has 0 radical (unpaired) electrons. The van der Waals surface area contributed by atoms with Crippen molar-refractivity contribution in [3.63, 3.8) is 0 Å². The van der Waals surface area contributed by atoms with Crippen molar-refractivity contribution >= 4 is 0 Å². The fraction of sp³-hybridized carbons (Fsp3) is 0.250. The maximum absolute atomic E-state index is 5.96. The molecule has 0 aliphatic carbocycles. The molecule has 1 unspecified atom stereocenters. The summed E-state index contributed by atoms with van der Waals surface area (Å²) >= 11 is 0. The highest BCUT2D eigenvalue weighted by molar-refractivity contribution is 5.18. The minimum absolute atomic E-state index is 0.209. The molecule has 3 N–H and O–H groups in total. The second-order valence-corrected chi connectivity index (χ2v) is 2.91. The molecule has 0 saturated heterocycles. The van der Waals surface area contributed by atoms with E-state index in [1.807, 2.05) is 17.8 Å². The summed E-state index contributed by atoms with van der Waals surface area (Å²) in [6.07, 6.45) is 7.09. The molecule has 0 bridgehead atoms. The summed E-state index contributed by atoms with van der Waals surface area (Å²) in [4.78, 5) is 4.17. The first-order valence-electron chi connectivity index (χ1n) is 4.00. The van der Waals surface area contributed by atoms with Crippen molar-refractivity contribution in [1.29, 1.82) is 0 Å². The van der Waals surface area contributed by atoms with Crippen molar-refractivity contribution in [3.8, 4) is 0 Å². The fourth-order valence-corrected chi connectivity index (χ4v) is 1.26. The van der Waals surface area contributed by atoms with Crippen LogP contribution in [-0.4, -0.2) is 19.7 Å². The van der Waals surface area contributed by atoms with Crippen LogP contribution in [-0.2, 0) is 7.05 Å². The van der Waals surface area contributed by atoms with Crippen molar-refractivity contribution in [1.82, 2.24) is 19.7 Å². The summed E-state index contributed by atoms with van der Waals surface area (Å²) in [6.45, 7) is 0. The number of hydrogen-bond donors (Lipinski definition) is 2. The van der Waals surface area contributed by atoms with Crippen molar-refractivity contribution in [3.05, 3.63) is 36.2 Å². The number of nitrogens with zero attached hydrogens (tertiary/aromatic N) is 3. The van der Waals surface area contributed by atoms with Gasteiger partial charge in [0, 0.05) is 31.2 Å². The Morgan fingerprint density at radius 3 is 3.00 bits per heavy atom. The lowest BCUT2D eigenvalue weighted by Crippen LogP contribution is -2.15. The summed E-state index contributed by atoms with van der Waals surface area (Å²) in [5, 5.41) is 6.57. The molecule has 2 aromatic rings. The number of nitrogens with one attached hydrogen (secondary N) is 1. The SMILES string of the molecule is Cn1ccnc1C(N)c1cn[nH]c1. The maximum Gasteiger partial charge on any atom is 0.130 e. The molecule has 0 spiro atoms. The van der Waals surface area contributed by atoms with E-state index in [2.05, 4.69) is 15.2 Å². The van der Waals surface area contributed by atoms with Crippen LogP contribution in [0.5, 0.6) is 0 Å². The highest BCUT2D eigenvalue weighted by Gasteiger charge is 2.13. The summed E-state index contributed by atoms with van der Waals surface area (Å²) in [5.74, 6) is 0.835. The number of aromatic nitrogens is 4. The maximum atomic E-state index is 5.96. The number of aromatic amines is 1. The van der Waals surface area contributed by atoms with E-state index in [1.54, 1.807) is 18.6 Å². The quantitative estimate of drug-likeness (QED) is 0.687. The molecule has 2 aromatic heterocycles. The highest BCUT2D eigenvalue weighted by atomic mass is 15.1. The van der Waals surface area contributed by atoms with Gasteiger partial charge in [-0.05, 0) is 0 Å². The standard InChI is InChI=1S/C8H11N5/c1-13-3-2-10-8(13)7(9)6-4-11-12-5-6/h2-5,7H,9H2,1H3,(H,11,12). The van der Waals surface area contributed by atoms with Crippen LogP contribution in [0.4, 0.5) is 0 Å². The number of imidazole rings is 1. The second-order valence-electron chi connectivity index (χ2n) is 2.91. The van der Waals surface area contributed by atoms with Crippen LogP contribution in [0, 0.1) is 0 Å². The molecular formula is C8H11N5. The van der Waals surface area contributed by atoms with Crippen molar-refractivity contribution in [2.24, 2.45) is 12.8 Å². The average molecular weight is 177 g/mol. The van der Waals surface area contributed by atoms with E-state index in [-0.39, 0.29) is 6.04 Å². The zero-order chi connectivity index (χ0) is 9.26. The summed E-state index contributed by atoms with van der Waals surface area (Å²) < 4.78 is 1.90. The Bertz CT molecular complexity index is 375. The topological polar surface area (TPSA) is 72.5 Å². The first-order valence-corrected chi connectivity index (χ1v) is 4.00. The van der Waals surface area contributed by atoms with Crippen LogP contribution in [0.15, 0.2) is 24.8 Å². The minimum Gasteiger partial charge on any atom is -0.336 e. The van der Waals surface area contributed by atoms with Crippen LogP contribution >= 0.6 is 0 Å². The van der Waals surface area contributed by atoms with Gasteiger partial charge >= 0.3 is 0 Å². The van der Waals surface area contributed by atoms with Crippen LogP contribution < -0.4 is 5.73 Å². The summed E-state index contributed by atoms with van der Waals surface area (Å²) in [6, 6.07) is -0.209. The molecule has 13 heavy (non-hydrogen) atoms. The Morgan fingerprint density at radius 1 is 1.62 bits per heavy atom. The Hall–Kier alpha value is -1.62. The molecule has 0 aliphatic heterocycles. The largest absolute Gasteiger partial charge is 0.336 e. The first-order chi connectivity index (χ1) is 6.29. The van der Waals surface area contributed by atoms with Gasteiger partial charge in [0.05, 0.1) is 12.2 Å². The van der Waals surface area contributed by atoms with Gasteiger partial charge in [0.15, 0.2) is 0 Å². The normalized spacial score (nSPS) is 13.1. The predicted octanol–water partition coefficient (Wildman–Crippen LogP) is 0.191. The first kappa shape index (κ1) is 8.00. The van der Waals surface area contributed by atoms with Crippen molar-refractivity contribution in [2.75, 3.05) is 0 Å². The van der Waals surface area contributed by atoms with Crippen LogP contribution in [0.25, 0.3) is 0 Å². The molecule has 68 valence electrons. The Labute approximate surface area is 75.6 Å². The Morgan fingerprint density at radius 2 is 2.46 bits per heavy atom. The molecule has 0 amide bonds. The van der Waals surface area contributed by atoms with E-state index >= 15 is 0 Å². The zero-order valence-corrected chi connectivity index (χ0v) is 7.31. The Balaban J connectivity index is 2.33. The molecule has 5 heteroatoms. The van der Waals surface area contributed by atoms with Crippen LogP contribution in [0.3, 0.4) is 0 Å². The van der Waals surface area contributed by atoms with Gasteiger partial charge in [-0.25, -0.2) is 4.98 Å². The lowest BCUT2D eigenvalue weighted by atomic mass is 10.1. The smallest absolute Gasteiger partial charge is 0.130 e. The lowest BCUT2D eigenvalue weighted by molar-refractivity contribution is 0.717. The highest BCUT2D eigenvalue weighted by Crippen LogP contribution is 2.15. The van der Waals surface area contributed by atoms with E-state index < -0.39 is 0 Å². The van der Waals surface area contributed by atoms with E-state index in [1.165, 1.54) is 0 Å². The minimum atomic E-state index is -0.209. The summed E-state index contributed by atoms with van der Waals surface area (Å²) in [7, 11) is 1.92. The molecule has 0 aromatic carbocycles. The third-order valence-corrected chi connectivity index (χ3v) is 2.02. The molecule has 0 aliphatic rings. The van der Waals surface area contributed by atoms with Gasteiger partial charge in [0.25, 0.3) is 0 Å². The van der Waals surface area contributed by atoms with Crippen LogP contribution in [0.2, 0.25) is 0 Å². The average Bonchev–Trinajstić information content (AvgIpc) is 2.72. The fourth-order valence-electron chi connectivity index (χ4n) is 1.26. The van der Waals surface area contributed by atoms with Gasteiger partial charge in [0.1, 0.15) is 5.82 Å². The third-order valence-electron chi connectivity index (χ3n) is 2.02. The van der Waals surface area contributed by atoms with Gasteiger partial charge < -0.3 is 10.3 Å². The number of H-pyrrole nitrogens is 1. The van der Waals surface area contributed by atoms with E-state index in [4.69, 9.17) is 5.73 Å². The summed E-state index contributed by atoms with van der Waals surface area (Å²) in [5.41, 5.74) is 6.90. The van der Waals surface area contributed by atoms with Crippen molar-refractivity contribution < 1.29 is 0 Å². The van der Waals surface area contributed by atoms with E-state index in [9.17, 15) is 0 Å². The molecule has 0 saturated carbocycles.